The van der Waals surface area contributed by atoms with Gasteiger partial charge in [-0.3, -0.25) is 14.5 Å². The minimum atomic E-state index is -0.409. The third-order valence-corrected chi connectivity index (χ3v) is 5.75. The van der Waals surface area contributed by atoms with Crippen LogP contribution in [0.5, 0.6) is 23.0 Å². The Morgan fingerprint density at radius 2 is 1.59 bits per heavy atom. The first-order chi connectivity index (χ1) is 15.4. The SMILES string of the molecule is C=C1C(=O)N(c2cc(OC)c(OC)c(OC)c2)[C@H]1c1ccc(OC)c(NC(=O)C2CC2)c1. The maximum Gasteiger partial charge on any atom is 0.256 e. The number of hydrogen-bond donors (Lipinski definition) is 1. The molecule has 1 atom stereocenters. The number of rotatable bonds is 8. The van der Waals surface area contributed by atoms with E-state index in [1.54, 1.807) is 30.2 Å². The first kappa shape index (κ1) is 21.5. The first-order valence-corrected chi connectivity index (χ1v) is 10.2. The summed E-state index contributed by atoms with van der Waals surface area (Å²) < 4.78 is 21.7. The zero-order chi connectivity index (χ0) is 23.0. The van der Waals surface area contributed by atoms with E-state index in [1.165, 1.54) is 21.3 Å². The molecule has 32 heavy (non-hydrogen) atoms. The number of hydrogen-bond acceptors (Lipinski definition) is 6. The number of ether oxygens (including phenoxy) is 4. The molecule has 1 aliphatic heterocycles. The largest absolute Gasteiger partial charge is 0.495 e. The van der Waals surface area contributed by atoms with E-state index in [1.807, 2.05) is 12.1 Å². The average Bonchev–Trinajstić information content (AvgIpc) is 3.66. The van der Waals surface area contributed by atoms with Crippen LogP contribution < -0.4 is 29.2 Å². The maximum atomic E-state index is 12.8. The lowest BCUT2D eigenvalue weighted by Gasteiger charge is -2.43. The van der Waals surface area contributed by atoms with Crippen LogP contribution in [0.25, 0.3) is 0 Å². The molecule has 0 spiro atoms. The zero-order valence-corrected chi connectivity index (χ0v) is 18.6. The molecule has 1 N–H and O–H groups in total. The molecular weight excluding hydrogens is 412 g/mol. The van der Waals surface area contributed by atoms with Crippen molar-refractivity contribution in [2.24, 2.45) is 5.92 Å². The van der Waals surface area contributed by atoms with Gasteiger partial charge in [0, 0.05) is 23.6 Å². The highest BCUT2D eigenvalue weighted by atomic mass is 16.5. The molecule has 0 aromatic heterocycles. The van der Waals surface area contributed by atoms with Crippen molar-refractivity contribution < 1.29 is 28.5 Å². The minimum Gasteiger partial charge on any atom is -0.495 e. The fraction of sp³-hybridized carbons (Fsp3) is 0.333. The van der Waals surface area contributed by atoms with E-state index in [4.69, 9.17) is 18.9 Å². The van der Waals surface area contributed by atoms with Gasteiger partial charge in [0.1, 0.15) is 5.75 Å². The predicted octanol–water partition coefficient (Wildman–Crippen LogP) is 3.71. The minimum absolute atomic E-state index is 0.0227. The number of methoxy groups -OCH3 is 4. The highest BCUT2D eigenvalue weighted by Crippen LogP contribution is 2.48. The fourth-order valence-corrected chi connectivity index (χ4v) is 3.88. The highest BCUT2D eigenvalue weighted by molar-refractivity contribution is 6.15. The number of nitrogens with zero attached hydrogens (tertiary/aromatic N) is 1. The van der Waals surface area contributed by atoms with Crippen molar-refractivity contribution in [3.8, 4) is 23.0 Å². The van der Waals surface area contributed by atoms with Gasteiger partial charge in [0.2, 0.25) is 11.7 Å². The van der Waals surface area contributed by atoms with Gasteiger partial charge >= 0.3 is 0 Å². The number of benzene rings is 2. The van der Waals surface area contributed by atoms with Crippen LogP contribution in [0.4, 0.5) is 11.4 Å². The average molecular weight is 438 g/mol. The van der Waals surface area contributed by atoms with Gasteiger partial charge in [-0.15, -0.1) is 0 Å². The van der Waals surface area contributed by atoms with E-state index in [2.05, 4.69) is 11.9 Å². The summed E-state index contributed by atoms with van der Waals surface area (Å²) in [5.74, 6) is 1.71. The smallest absolute Gasteiger partial charge is 0.256 e. The van der Waals surface area contributed by atoms with Gasteiger partial charge in [-0.2, -0.15) is 0 Å². The summed E-state index contributed by atoms with van der Waals surface area (Å²) in [6.45, 7) is 3.97. The predicted molar refractivity (Wildman–Crippen MR) is 120 cm³/mol. The lowest BCUT2D eigenvalue weighted by molar-refractivity contribution is -0.119. The van der Waals surface area contributed by atoms with E-state index in [0.717, 1.165) is 18.4 Å². The molecule has 4 rings (SSSR count). The lowest BCUT2D eigenvalue weighted by Crippen LogP contribution is -2.48. The van der Waals surface area contributed by atoms with Crippen molar-refractivity contribution in [2.75, 3.05) is 38.7 Å². The van der Waals surface area contributed by atoms with Gasteiger partial charge in [0.25, 0.3) is 5.91 Å². The monoisotopic (exact) mass is 438 g/mol. The van der Waals surface area contributed by atoms with E-state index in [-0.39, 0.29) is 17.7 Å². The van der Waals surface area contributed by atoms with E-state index >= 15 is 0 Å². The Bertz CT molecular complexity index is 1070. The Kier molecular flexibility index (Phi) is 5.69. The van der Waals surface area contributed by atoms with Crippen LogP contribution in [0.2, 0.25) is 0 Å². The molecule has 1 saturated carbocycles. The third-order valence-electron chi connectivity index (χ3n) is 5.75. The van der Waals surface area contributed by atoms with Gasteiger partial charge in [0.15, 0.2) is 11.5 Å². The number of carbonyl (C=O) groups excluding carboxylic acids is 2. The molecule has 0 bridgehead atoms. The van der Waals surface area contributed by atoms with E-state index < -0.39 is 6.04 Å². The second-order valence-corrected chi connectivity index (χ2v) is 7.71. The Labute approximate surface area is 186 Å². The molecular formula is C24H26N2O6. The molecule has 1 saturated heterocycles. The Morgan fingerprint density at radius 3 is 2.12 bits per heavy atom. The van der Waals surface area contributed by atoms with Crippen molar-refractivity contribution in [3.63, 3.8) is 0 Å². The highest BCUT2D eigenvalue weighted by Gasteiger charge is 2.43. The summed E-state index contributed by atoms with van der Waals surface area (Å²) in [7, 11) is 6.12. The molecule has 2 aliphatic rings. The summed E-state index contributed by atoms with van der Waals surface area (Å²) in [4.78, 5) is 26.7. The van der Waals surface area contributed by atoms with Gasteiger partial charge < -0.3 is 24.3 Å². The van der Waals surface area contributed by atoms with Crippen molar-refractivity contribution in [1.29, 1.82) is 0 Å². The van der Waals surface area contributed by atoms with Crippen LogP contribution in [0.15, 0.2) is 42.5 Å². The van der Waals surface area contributed by atoms with Crippen LogP contribution in [-0.4, -0.2) is 40.3 Å². The quantitative estimate of drug-likeness (QED) is 0.500. The van der Waals surface area contributed by atoms with Gasteiger partial charge in [0.05, 0.1) is 45.9 Å². The summed E-state index contributed by atoms with van der Waals surface area (Å²) in [6.07, 6.45) is 1.80. The molecule has 0 unspecified atom stereocenters. The Balaban J connectivity index is 1.71. The van der Waals surface area contributed by atoms with Crippen molar-refractivity contribution in [1.82, 2.24) is 0 Å². The van der Waals surface area contributed by atoms with E-state index in [0.29, 0.717) is 39.9 Å². The van der Waals surface area contributed by atoms with Crippen molar-refractivity contribution >= 4 is 23.2 Å². The summed E-state index contributed by atoms with van der Waals surface area (Å²) in [6, 6.07) is 8.50. The van der Waals surface area contributed by atoms with Gasteiger partial charge in [-0.05, 0) is 30.5 Å². The number of carbonyl (C=O) groups is 2. The van der Waals surface area contributed by atoms with Gasteiger partial charge in [-0.25, -0.2) is 0 Å². The number of β-lactam (4-membered cyclic amide) rings is 1. The van der Waals surface area contributed by atoms with Crippen LogP contribution in [0.1, 0.15) is 24.4 Å². The van der Waals surface area contributed by atoms with Crippen LogP contribution in [-0.2, 0) is 9.59 Å². The van der Waals surface area contributed by atoms with Gasteiger partial charge in [-0.1, -0.05) is 12.6 Å². The zero-order valence-electron chi connectivity index (χ0n) is 18.6. The molecule has 168 valence electrons. The summed E-state index contributed by atoms with van der Waals surface area (Å²) >= 11 is 0. The molecule has 1 heterocycles. The molecule has 8 nitrogen and oxygen atoms in total. The molecule has 2 fully saturated rings. The fourth-order valence-electron chi connectivity index (χ4n) is 3.88. The Morgan fingerprint density at radius 1 is 0.969 bits per heavy atom. The molecule has 1 aliphatic carbocycles. The van der Waals surface area contributed by atoms with Crippen LogP contribution in [0, 0.1) is 5.92 Å². The molecule has 2 aromatic carbocycles. The second kappa shape index (κ2) is 8.45. The first-order valence-electron chi connectivity index (χ1n) is 10.2. The number of anilines is 2. The lowest BCUT2D eigenvalue weighted by atomic mass is 9.88. The number of nitrogens with one attached hydrogen (secondary N) is 1. The molecule has 8 heteroatoms. The van der Waals surface area contributed by atoms with Crippen molar-refractivity contribution in [2.45, 2.75) is 18.9 Å². The normalized spacial score (nSPS) is 17.5. The second-order valence-electron chi connectivity index (χ2n) is 7.71. The molecule has 0 radical (unpaired) electrons. The Hall–Kier alpha value is -3.68. The summed E-state index contributed by atoms with van der Waals surface area (Å²) in [5.41, 5.74) is 2.40. The maximum absolute atomic E-state index is 12.8. The van der Waals surface area contributed by atoms with Crippen molar-refractivity contribution in [3.05, 3.63) is 48.0 Å². The molecule has 2 aromatic rings. The summed E-state index contributed by atoms with van der Waals surface area (Å²) in [5, 5.41) is 2.95. The van der Waals surface area contributed by atoms with Crippen LogP contribution in [0.3, 0.4) is 0 Å². The number of amides is 2. The topological polar surface area (TPSA) is 86.3 Å². The standard InChI is InChI=1S/C24H26N2O6/c1-13-21(15-8-9-18(29-2)17(10-15)25-23(27)14-6-7-14)26(24(13)28)16-11-19(30-3)22(32-5)20(12-16)31-4/h8-12,14,21H,1,6-7H2,2-5H3,(H,25,27)/t21-/m1/s1. The third kappa shape index (κ3) is 3.62. The van der Waals surface area contributed by atoms with Crippen LogP contribution >= 0.6 is 0 Å². The molecule has 2 amide bonds. The van der Waals surface area contributed by atoms with E-state index in [9.17, 15) is 9.59 Å².